The molecular weight excluding hydrogens is 263 g/mol. The van der Waals surface area contributed by atoms with E-state index in [2.05, 4.69) is 22.3 Å². The lowest BCUT2D eigenvalue weighted by atomic mass is 10.2. The number of hydrogen-bond donors (Lipinski definition) is 1. The fraction of sp³-hybridized carbons (Fsp3) is 0.385. The molecular formula is C13H17FN4S. The van der Waals surface area contributed by atoms with Crippen LogP contribution < -0.4 is 5.32 Å². The summed E-state index contributed by atoms with van der Waals surface area (Å²) < 4.78 is 15.3. The molecule has 0 saturated heterocycles. The lowest BCUT2D eigenvalue weighted by molar-refractivity contribution is 0.611. The summed E-state index contributed by atoms with van der Waals surface area (Å²) in [7, 11) is 0. The van der Waals surface area contributed by atoms with Gasteiger partial charge in [-0.15, -0.1) is 0 Å². The van der Waals surface area contributed by atoms with Crippen LogP contribution in [-0.2, 0) is 0 Å². The van der Waals surface area contributed by atoms with Gasteiger partial charge in [0.15, 0.2) is 5.82 Å². The number of aromatic nitrogens is 3. The van der Waals surface area contributed by atoms with Crippen LogP contribution in [0.5, 0.6) is 0 Å². The first-order valence-electron chi connectivity index (χ1n) is 6.27. The van der Waals surface area contributed by atoms with Gasteiger partial charge < -0.3 is 5.32 Å². The number of rotatable bonds is 7. The molecule has 6 heteroatoms. The van der Waals surface area contributed by atoms with Crippen molar-refractivity contribution in [2.45, 2.75) is 13.3 Å². The second kappa shape index (κ2) is 7.13. The maximum absolute atomic E-state index is 13.9. The zero-order valence-electron chi connectivity index (χ0n) is 10.8. The normalized spacial score (nSPS) is 10.6. The summed E-state index contributed by atoms with van der Waals surface area (Å²) in [5, 5.41) is 7.13. The Bertz CT molecular complexity index is 501. The molecule has 2 aromatic rings. The largest absolute Gasteiger partial charge is 0.385 e. The molecule has 0 bridgehead atoms. The Morgan fingerprint density at radius 2 is 2.32 bits per heavy atom. The molecule has 0 aliphatic rings. The number of nitrogens with one attached hydrogen (secondary N) is 1. The first-order chi connectivity index (χ1) is 9.31. The quantitative estimate of drug-likeness (QED) is 0.792. The third kappa shape index (κ3) is 3.96. The van der Waals surface area contributed by atoms with Gasteiger partial charge in [0.25, 0.3) is 0 Å². The van der Waals surface area contributed by atoms with Crippen molar-refractivity contribution in [2.24, 2.45) is 0 Å². The number of benzene rings is 1. The molecule has 102 valence electrons. The monoisotopic (exact) mass is 280 g/mol. The molecule has 2 rings (SSSR count). The average Bonchev–Trinajstić information content (AvgIpc) is 2.92. The molecule has 0 amide bonds. The van der Waals surface area contributed by atoms with E-state index in [0.717, 1.165) is 30.2 Å². The van der Waals surface area contributed by atoms with E-state index in [1.165, 1.54) is 23.4 Å². The number of thioether (sulfide) groups is 1. The number of hydrogen-bond acceptors (Lipinski definition) is 4. The summed E-state index contributed by atoms with van der Waals surface area (Å²) in [6, 6.07) is 5.05. The van der Waals surface area contributed by atoms with Gasteiger partial charge in [-0.25, -0.2) is 14.1 Å². The van der Waals surface area contributed by atoms with Gasteiger partial charge in [-0.1, -0.05) is 6.92 Å². The maximum Gasteiger partial charge on any atom is 0.150 e. The fourth-order valence-corrected chi connectivity index (χ4v) is 2.32. The van der Waals surface area contributed by atoms with Crippen LogP contribution in [0.4, 0.5) is 10.1 Å². The molecule has 0 aliphatic heterocycles. The van der Waals surface area contributed by atoms with Gasteiger partial charge in [0.05, 0.1) is 0 Å². The molecule has 0 atom stereocenters. The molecule has 19 heavy (non-hydrogen) atoms. The minimum Gasteiger partial charge on any atom is -0.385 e. The summed E-state index contributed by atoms with van der Waals surface area (Å²) in [4.78, 5) is 3.81. The van der Waals surface area contributed by atoms with Crippen LogP contribution in [0, 0.1) is 5.82 Å². The highest BCUT2D eigenvalue weighted by molar-refractivity contribution is 7.99. The van der Waals surface area contributed by atoms with Crippen molar-refractivity contribution in [3.63, 3.8) is 0 Å². The zero-order valence-corrected chi connectivity index (χ0v) is 11.7. The predicted molar refractivity (Wildman–Crippen MR) is 77.4 cm³/mol. The Hall–Kier alpha value is -1.56. The summed E-state index contributed by atoms with van der Waals surface area (Å²) in [5.74, 6) is 1.96. The topological polar surface area (TPSA) is 42.7 Å². The third-order valence-electron chi connectivity index (χ3n) is 2.61. The van der Waals surface area contributed by atoms with Crippen LogP contribution in [-0.4, -0.2) is 32.8 Å². The van der Waals surface area contributed by atoms with Crippen molar-refractivity contribution in [3.05, 3.63) is 36.7 Å². The van der Waals surface area contributed by atoms with Crippen molar-refractivity contribution in [1.82, 2.24) is 14.8 Å². The van der Waals surface area contributed by atoms with Gasteiger partial charge in [0.2, 0.25) is 0 Å². The van der Waals surface area contributed by atoms with E-state index in [1.54, 1.807) is 6.07 Å². The number of halogens is 1. The van der Waals surface area contributed by atoms with Gasteiger partial charge >= 0.3 is 0 Å². The van der Waals surface area contributed by atoms with Crippen molar-refractivity contribution >= 4 is 17.4 Å². The van der Waals surface area contributed by atoms with E-state index in [4.69, 9.17) is 0 Å². The van der Waals surface area contributed by atoms with E-state index < -0.39 is 0 Å². The average molecular weight is 280 g/mol. The molecule has 0 spiro atoms. The van der Waals surface area contributed by atoms with Gasteiger partial charge in [-0.2, -0.15) is 16.9 Å². The van der Waals surface area contributed by atoms with Gasteiger partial charge in [-0.3, -0.25) is 0 Å². The minimum absolute atomic E-state index is 0.307. The number of anilines is 1. The molecule has 0 fully saturated rings. The molecule has 0 saturated carbocycles. The van der Waals surface area contributed by atoms with Crippen LogP contribution in [0.1, 0.15) is 13.3 Å². The predicted octanol–water partition coefficient (Wildman–Crippen LogP) is 2.96. The van der Waals surface area contributed by atoms with Crippen molar-refractivity contribution in [1.29, 1.82) is 0 Å². The van der Waals surface area contributed by atoms with Crippen LogP contribution in [0.3, 0.4) is 0 Å². The lowest BCUT2D eigenvalue weighted by Crippen LogP contribution is -2.04. The molecule has 1 aromatic heterocycles. The number of nitrogens with zero attached hydrogens (tertiary/aromatic N) is 3. The fourth-order valence-electron chi connectivity index (χ4n) is 1.69. The maximum atomic E-state index is 13.9. The van der Waals surface area contributed by atoms with Gasteiger partial charge in [0, 0.05) is 12.2 Å². The highest BCUT2D eigenvalue weighted by Crippen LogP contribution is 2.17. The second-order valence-electron chi connectivity index (χ2n) is 3.98. The van der Waals surface area contributed by atoms with Crippen LogP contribution in [0.2, 0.25) is 0 Å². The van der Waals surface area contributed by atoms with Crippen LogP contribution >= 0.6 is 11.8 Å². The molecule has 4 nitrogen and oxygen atoms in total. The van der Waals surface area contributed by atoms with Gasteiger partial charge in [-0.05, 0) is 36.1 Å². The molecule has 1 heterocycles. The van der Waals surface area contributed by atoms with Crippen molar-refractivity contribution in [2.75, 3.05) is 23.4 Å². The van der Waals surface area contributed by atoms with E-state index in [-0.39, 0.29) is 5.82 Å². The summed E-state index contributed by atoms with van der Waals surface area (Å²) in [5.41, 5.74) is 1.20. The molecule has 1 aromatic carbocycles. The van der Waals surface area contributed by atoms with Crippen LogP contribution in [0.15, 0.2) is 30.9 Å². The molecule has 1 N–H and O–H groups in total. The van der Waals surface area contributed by atoms with Gasteiger partial charge in [0.1, 0.15) is 18.3 Å². The van der Waals surface area contributed by atoms with Crippen LogP contribution in [0.25, 0.3) is 5.69 Å². The Labute approximate surface area is 116 Å². The van der Waals surface area contributed by atoms with E-state index >= 15 is 0 Å². The lowest BCUT2D eigenvalue weighted by Gasteiger charge is -2.08. The second-order valence-corrected chi connectivity index (χ2v) is 5.38. The third-order valence-corrected chi connectivity index (χ3v) is 3.60. The van der Waals surface area contributed by atoms with E-state index in [0.29, 0.717) is 5.69 Å². The Morgan fingerprint density at radius 3 is 3.00 bits per heavy atom. The Morgan fingerprint density at radius 1 is 1.42 bits per heavy atom. The van der Waals surface area contributed by atoms with Crippen molar-refractivity contribution < 1.29 is 4.39 Å². The Balaban J connectivity index is 1.92. The molecule has 0 aliphatic carbocycles. The van der Waals surface area contributed by atoms with E-state index in [9.17, 15) is 4.39 Å². The highest BCUT2D eigenvalue weighted by Gasteiger charge is 2.05. The smallest absolute Gasteiger partial charge is 0.150 e. The first kappa shape index (κ1) is 13.9. The Kier molecular flexibility index (Phi) is 5.20. The van der Waals surface area contributed by atoms with Crippen molar-refractivity contribution in [3.8, 4) is 5.69 Å². The summed E-state index contributed by atoms with van der Waals surface area (Å²) >= 11 is 1.91. The SMILES string of the molecule is CCSCCCNc1ccc(-n2cncn2)c(F)c1. The van der Waals surface area contributed by atoms with E-state index in [1.807, 2.05) is 17.8 Å². The first-order valence-corrected chi connectivity index (χ1v) is 7.43. The summed E-state index contributed by atoms with van der Waals surface area (Å²) in [6.07, 6.45) is 3.94. The highest BCUT2D eigenvalue weighted by atomic mass is 32.2. The summed E-state index contributed by atoms with van der Waals surface area (Å²) in [6.45, 7) is 3.01. The zero-order chi connectivity index (χ0) is 13.5. The molecule has 0 radical (unpaired) electrons. The minimum atomic E-state index is -0.307. The standard InChI is InChI=1S/C13H17FN4S/c1-2-19-7-3-6-16-11-4-5-13(12(14)8-11)18-10-15-9-17-18/h4-5,8-10,16H,2-3,6-7H2,1H3. The molecule has 0 unspecified atom stereocenters.